The molecule has 0 aromatic carbocycles. The van der Waals surface area contributed by atoms with Gasteiger partial charge in [0.2, 0.25) is 0 Å². The summed E-state index contributed by atoms with van der Waals surface area (Å²) in [5.74, 6) is 5.01. The van der Waals surface area contributed by atoms with Crippen molar-refractivity contribution in [2.45, 2.75) is 105 Å². The van der Waals surface area contributed by atoms with Crippen molar-refractivity contribution in [3.63, 3.8) is 0 Å². The van der Waals surface area contributed by atoms with Gasteiger partial charge in [0.1, 0.15) is 0 Å². The van der Waals surface area contributed by atoms with Crippen LogP contribution in [0.15, 0.2) is 11.6 Å². The van der Waals surface area contributed by atoms with E-state index in [1.54, 1.807) is 0 Å². The quantitative estimate of drug-likeness (QED) is 0.472. The first-order valence-corrected chi connectivity index (χ1v) is 12.7. The van der Waals surface area contributed by atoms with Crippen molar-refractivity contribution in [1.82, 2.24) is 0 Å². The van der Waals surface area contributed by atoms with Gasteiger partial charge in [0, 0.05) is 6.61 Å². The molecule has 1 heteroatoms. The van der Waals surface area contributed by atoms with Gasteiger partial charge in [-0.3, -0.25) is 0 Å². The van der Waals surface area contributed by atoms with E-state index >= 15 is 0 Å². The van der Waals surface area contributed by atoms with Crippen LogP contribution in [0, 0.1) is 46.3 Å². The normalized spacial score (nSPS) is 44.8. The first kappa shape index (κ1) is 21.0. The minimum absolute atomic E-state index is 0.354. The van der Waals surface area contributed by atoms with Crippen LogP contribution in [0.1, 0.15) is 105 Å². The number of fused-ring (bicyclic) bond motifs is 5. The first-order chi connectivity index (χ1) is 13.4. The fourth-order valence-electron chi connectivity index (χ4n) is 8.60. The largest absolute Gasteiger partial charge is 0.396 e. The van der Waals surface area contributed by atoms with Crippen molar-refractivity contribution >= 4 is 0 Å². The molecule has 4 aliphatic carbocycles. The summed E-state index contributed by atoms with van der Waals surface area (Å²) in [4.78, 5) is 0. The number of rotatable bonds is 6. The van der Waals surface area contributed by atoms with Crippen molar-refractivity contribution in [3.05, 3.63) is 11.6 Å². The van der Waals surface area contributed by atoms with Crippen molar-refractivity contribution in [3.8, 4) is 0 Å². The lowest BCUT2D eigenvalue weighted by Gasteiger charge is -2.57. The Morgan fingerprint density at radius 2 is 1.75 bits per heavy atom. The third-order valence-electron chi connectivity index (χ3n) is 10.4. The van der Waals surface area contributed by atoms with Gasteiger partial charge in [0.05, 0.1) is 0 Å². The van der Waals surface area contributed by atoms with Gasteiger partial charge < -0.3 is 5.11 Å². The van der Waals surface area contributed by atoms with Crippen molar-refractivity contribution in [1.29, 1.82) is 0 Å². The fraction of sp³-hybridized carbons (Fsp3) is 0.926. The van der Waals surface area contributed by atoms with Crippen LogP contribution < -0.4 is 0 Å². The SMILES string of the molecule is CC(CO)CCCC(C)[C@H]1CC[C@H]2C3=CCC4CCCC[C@]4(C)[C@H]3CC[C@]12C. The summed E-state index contributed by atoms with van der Waals surface area (Å²) in [7, 11) is 0. The van der Waals surface area contributed by atoms with Crippen LogP contribution in [0.25, 0.3) is 0 Å². The maximum Gasteiger partial charge on any atom is 0.0456 e. The lowest BCUT2D eigenvalue weighted by molar-refractivity contribution is -0.00805. The molecular weight excluding hydrogens is 340 g/mol. The molecule has 0 saturated heterocycles. The van der Waals surface area contributed by atoms with Gasteiger partial charge in [0.25, 0.3) is 0 Å². The van der Waals surface area contributed by atoms with Gasteiger partial charge in [-0.25, -0.2) is 0 Å². The highest BCUT2D eigenvalue weighted by Crippen LogP contribution is 2.66. The van der Waals surface area contributed by atoms with Gasteiger partial charge in [-0.1, -0.05) is 65.0 Å². The molecule has 0 amide bonds. The maximum absolute atomic E-state index is 9.31. The zero-order valence-electron chi connectivity index (χ0n) is 19.2. The van der Waals surface area contributed by atoms with Crippen LogP contribution in [0.4, 0.5) is 0 Å². The summed E-state index contributed by atoms with van der Waals surface area (Å²) >= 11 is 0. The average Bonchev–Trinajstić information content (AvgIpc) is 3.04. The van der Waals surface area contributed by atoms with Gasteiger partial charge in [-0.05, 0) is 97.7 Å². The standard InChI is InChI=1S/C27H46O/c1-19(18-28)8-7-9-20(2)23-13-14-24-22-12-11-21-10-5-6-16-26(21,3)25(22)15-17-27(23,24)4/h12,19-21,23-25,28H,5-11,13-18H2,1-4H3/t19?,20?,21?,23-,24+,25+,26+,27-/m1/s1. The van der Waals surface area contributed by atoms with Gasteiger partial charge in [0.15, 0.2) is 0 Å². The number of aliphatic hydroxyl groups is 1. The zero-order valence-corrected chi connectivity index (χ0v) is 19.2. The molecule has 4 rings (SSSR count). The van der Waals surface area contributed by atoms with E-state index in [1.807, 2.05) is 5.57 Å². The molecule has 3 fully saturated rings. The highest BCUT2D eigenvalue weighted by molar-refractivity contribution is 5.27. The molecule has 160 valence electrons. The fourth-order valence-corrected chi connectivity index (χ4v) is 8.60. The Hall–Kier alpha value is -0.300. The highest BCUT2D eigenvalue weighted by Gasteiger charge is 2.57. The molecule has 28 heavy (non-hydrogen) atoms. The van der Waals surface area contributed by atoms with Crippen molar-refractivity contribution in [2.75, 3.05) is 6.61 Å². The smallest absolute Gasteiger partial charge is 0.0456 e. The lowest BCUT2D eigenvalue weighted by Crippen LogP contribution is -2.48. The second-order valence-corrected chi connectivity index (χ2v) is 11.9. The Morgan fingerprint density at radius 1 is 0.964 bits per heavy atom. The molecule has 1 nitrogen and oxygen atoms in total. The highest BCUT2D eigenvalue weighted by atomic mass is 16.3. The molecule has 0 aliphatic heterocycles. The summed E-state index contributed by atoms with van der Waals surface area (Å²) < 4.78 is 0. The van der Waals surface area contributed by atoms with Gasteiger partial charge in [-0.2, -0.15) is 0 Å². The summed E-state index contributed by atoms with van der Waals surface area (Å²) in [6, 6.07) is 0. The predicted molar refractivity (Wildman–Crippen MR) is 119 cm³/mol. The number of hydrogen-bond donors (Lipinski definition) is 1. The molecule has 0 aromatic rings. The lowest BCUT2D eigenvalue weighted by atomic mass is 9.48. The predicted octanol–water partition coefficient (Wildman–Crippen LogP) is 7.39. The van der Waals surface area contributed by atoms with Crippen LogP contribution in [0.3, 0.4) is 0 Å². The summed E-state index contributed by atoms with van der Waals surface area (Å²) in [5, 5.41) is 9.31. The van der Waals surface area contributed by atoms with Crippen LogP contribution in [0.2, 0.25) is 0 Å². The number of hydrogen-bond acceptors (Lipinski definition) is 1. The molecule has 0 spiro atoms. The van der Waals surface area contributed by atoms with Crippen LogP contribution in [0.5, 0.6) is 0 Å². The molecule has 3 saturated carbocycles. The van der Waals surface area contributed by atoms with E-state index < -0.39 is 0 Å². The number of aliphatic hydroxyl groups excluding tert-OH is 1. The minimum Gasteiger partial charge on any atom is -0.396 e. The Bertz CT molecular complexity index is 579. The van der Waals surface area contributed by atoms with Gasteiger partial charge >= 0.3 is 0 Å². The molecule has 3 unspecified atom stereocenters. The minimum atomic E-state index is 0.354. The monoisotopic (exact) mass is 386 g/mol. The Morgan fingerprint density at radius 3 is 2.54 bits per heavy atom. The molecule has 8 atom stereocenters. The van der Waals surface area contributed by atoms with E-state index in [0.29, 0.717) is 23.4 Å². The third-order valence-corrected chi connectivity index (χ3v) is 10.4. The van der Waals surface area contributed by atoms with E-state index in [-0.39, 0.29) is 0 Å². The van der Waals surface area contributed by atoms with Gasteiger partial charge in [-0.15, -0.1) is 0 Å². The van der Waals surface area contributed by atoms with Crippen LogP contribution in [-0.2, 0) is 0 Å². The Balaban J connectivity index is 1.47. The van der Waals surface area contributed by atoms with E-state index in [1.165, 1.54) is 77.0 Å². The first-order valence-electron chi connectivity index (χ1n) is 12.7. The summed E-state index contributed by atoms with van der Waals surface area (Å²) in [6.07, 6.45) is 19.8. The number of allylic oxidation sites excluding steroid dienone is 2. The molecule has 1 N–H and O–H groups in total. The van der Waals surface area contributed by atoms with E-state index in [2.05, 4.69) is 33.8 Å². The van der Waals surface area contributed by atoms with Crippen LogP contribution >= 0.6 is 0 Å². The molecule has 0 bridgehead atoms. The zero-order chi connectivity index (χ0) is 19.9. The summed E-state index contributed by atoms with van der Waals surface area (Å²) in [6.45, 7) is 10.4. The second kappa shape index (κ2) is 8.09. The van der Waals surface area contributed by atoms with Crippen LogP contribution in [-0.4, -0.2) is 11.7 Å². The van der Waals surface area contributed by atoms with Crippen molar-refractivity contribution < 1.29 is 5.11 Å². The molecular formula is C27H46O. The van der Waals surface area contributed by atoms with E-state index in [4.69, 9.17) is 0 Å². The van der Waals surface area contributed by atoms with E-state index in [9.17, 15) is 5.11 Å². The maximum atomic E-state index is 9.31. The second-order valence-electron chi connectivity index (χ2n) is 11.9. The molecule has 0 aromatic heterocycles. The molecule has 0 heterocycles. The topological polar surface area (TPSA) is 20.2 Å². The average molecular weight is 387 g/mol. The Kier molecular flexibility index (Phi) is 6.05. The Labute approximate surface area is 174 Å². The third kappa shape index (κ3) is 3.42. The summed E-state index contributed by atoms with van der Waals surface area (Å²) in [5.41, 5.74) is 3.11. The van der Waals surface area contributed by atoms with Crippen molar-refractivity contribution in [2.24, 2.45) is 46.3 Å². The molecule has 0 radical (unpaired) electrons. The van der Waals surface area contributed by atoms with E-state index in [0.717, 1.165) is 29.6 Å². The molecule has 4 aliphatic rings.